The highest BCUT2D eigenvalue weighted by molar-refractivity contribution is 6.37. The number of anilines is 1. The molecular formula is C22H21Cl2N3O. The lowest BCUT2D eigenvalue weighted by atomic mass is 10.0. The molecule has 1 aliphatic rings. The van der Waals surface area contributed by atoms with Crippen molar-refractivity contribution in [3.05, 3.63) is 71.4 Å². The second-order valence-electron chi connectivity index (χ2n) is 6.83. The molecule has 4 nitrogen and oxygen atoms in total. The van der Waals surface area contributed by atoms with E-state index >= 15 is 0 Å². The zero-order valence-corrected chi connectivity index (χ0v) is 16.9. The van der Waals surface area contributed by atoms with E-state index in [4.69, 9.17) is 23.2 Å². The van der Waals surface area contributed by atoms with E-state index in [1.807, 2.05) is 47.5 Å². The van der Waals surface area contributed by atoms with Crippen LogP contribution in [0.2, 0.25) is 10.0 Å². The van der Waals surface area contributed by atoms with Crippen LogP contribution in [0.5, 0.6) is 0 Å². The average molecular weight is 414 g/mol. The number of fused-ring (bicyclic) bond motifs is 1. The third-order valence-corrected chi connectivity index (χ3v) is 5.85. The largest absolute Gasteiger partial charge is 0.375 e. The monoisotopic (exact) mass is 413 g/mol. The van der Waals surface area contributed by atoms with E-state index in [0.717, 1.165) is 53.9 Å². The van der Waals surface area contributed by atoms with Crippen molar-refractivity contribution in [3.63, 3.8) is 0 Å². The second-order valence-corrected chi connectivity index (χ2v) is 7.65. The fourth-order valence-corrected chi connectivity index (χ4v) is 4.19. The van der Waals surface area contributed by atoms with E-state index in [-0.39, 0.29) is 0 Å². The first-order chi connectivity index (χ1) is 13.6. The van der Waals surface area contributed by atoms with E-state index in [2.05, 4.69) is 22.5 Å². The molecule has 28 heavy (non-hydrogen) atoms. The molecule has 1 saturated heterocycles. The first-order valence-electron chi connectivity index (χ1n) is 9.21. The molecule has 0 spiro atoms. The number of hydrogen-bond acceptors (Lipinski definition) is 4. The maximum atomic E-state index is 9.98. The van der Waals surface area contributed by atoms with Crippen LogP contribution in [0.4, 0.5) is 5.69 Å². The fourth-order valence-electron chi connectivity index (χ4n) is 3.69. The summed E-state index contributed by atoms with van der Waals surface area (Å²) in [6, 6.07) is 13.7. The van der Waals surface area contributed by atoms with Crippen LogP contribution >= 0.6 is 23.2 Å². The summed E-state index contributed by atoms with van der Waals surface area (Å²) < 4.78 is 0. The standard InChI is InChI=1S/C22H21Cl2N3O/c1-2-22(28)27-11-9-26(10-12-27)21-7-8-25-20-14-19(24)16(13-17(20)21)15-5-3-4-6-18(15)23/h2-8,13-14,22,28H,1,9-12H2. The molecule has 3 aromatic rings. The Morgan fingerprint density at radius 2 is 1.75 bits per heavy atom. The molecule has 1 aromatic heterocycles. The SMILES string of the molecule is C=CC(O)N1CCN(c2ccnc3cc(Cl)c(-c4ccccc4Cl)cc23)CC1. The Morgan fingerprint density at radius 1 is 1.00 bits per heavy atom. The molecular weight excluding hydrogens is 393 g/mol. The minimum absolute atomic E-state index is 0.595. The molecule has 1 aliphatic heterocycles. The number of aliphatic hydroxyl groups is 1. The summed E-state index contributed by atoms with van der Waals surface area (Å²) in [6.45, 7) is 6.83. The number of aromatic nitrogens is 1. The Hall–Kier alpha value is -2.11. The van der Waals surface area contributed by atoms with E-state index < -0.39 is 6.23 Å². The molecule has 2 heterocycles. The molecule has 4 rings (SSSR count). The Balaban J connectivity index is 1.73. The van der Waals surface area contributed by atoms with E-state index in [0.29, 0.717) is 10.0 Å². The van der Waals surface area contributed by atoms with E-state index in [1.54, 1.807) is 6.08 Å². The zero-order chi connectivity index (χ0) is 19.7. The van der Waals surface area contributed by atoms with Crippen molar-refractivity contribution < 1.29 is 5.11 Å². The molecule has 0 aliphatic carbocycles. The van der Waals surface area contributed by atoms with E-state index in [9.17, 15) is 5.11 Å². The first kappa shape index (κ1) is 19.2. The summed E-state index contributed by atoms with van der Waals surface area (Å²) in [7, 11) is 0. The number of aliphatic hydroxyl groups excluding tert-OH is 1. The van der Waals surface area contributed by atoms with Gasteiger partial charge in [-0.05, 0) is 30.3 Å². The van der Waals surface area contributed by atoms with Gasteiger partial charge in [0.15, 0.2) is 0 Å². The van der Waals surface area contributed by atoms with Gasteiger partial charge in [-0.15, -0.1) is 0 Å². The number of halogens is 2. The Labute approximate surface area is 174 Å². The number of piperazine rings is 1. The molecule has 1 N–H and O–H groups in total. The minimum atomic E-state index is -0.595. The van der Waals surface area contributed by atoms with Gasteiger partial charge in [-0.2, -0.15) is 0 Å². The highest BCUT2D eigenvalue weighted by Gasteiger charge is 2.22. The molecule has 1 atom stereocenters. The van der Waals surface area contributed by atoms with Crippen molar-refractivity contribution in [1.29, 1.82) is 0 Å². The van der Waals surface area contributed by atoms with Gasteiger partial charge in [-0.25, -0.2) is 0 Å². The highest BCUT2D eigenvalue weighted by atomic mass is 35.5. The van der Waals surface area contributed by atoms with Crippen LogP contribution in [0, 0.1) is 0 Å². The maximum Gasteiger partial charge on any atom is 0.126 e. The van der Waals surface area contributed by atoms with Gasteiger partial charge in [0, 0.05) is 59.6 Å². The molecule has 0 saturated carbocycles. The third kappa shape index (κ3) is 3.61. The molecule has 144 valence electrons. The number of hydrogen-bond donors (Lipinski definition) is 1. The predicted octanol–water partition coefficient (Wildman–Crippen LogP) is 4.84. The molecule has 1 unspecified atom stereocenters. The molecule has 1 fully saturated rings. The molecule has 6 heteroatoms. The molecule has 0 radical (unpaired) electrons. The van der Waals surface area contributed by atoms with Gasteiger partial charge < -0.3 is 10.0 Å². The highest BCUT2D eigenvalue weighted by Crippen LogP contribution is 2.38. The summed E-state index contributed by atoms with van der Waals surface area (Å²) in [4.78, 5) is 8.84. The lowest BCUT2D eigenvalue weighted by molar-refractivity contribution is 0.0381. The minimum Gasteiger partial charge on any atom is -0.375 e. The number of pyridine rings is 1. The van der Waals surface area contributed by atoms with Crippen LogP contribution in [0.15, 0.2) is 61.3 Å². The second kappa shape index (κ2) is 8.10. The normalized spacial score (nSPS) is 16.3. The van der Waals surface area contributed by atoms with Gasteiger partial charge in [-0.3, -0.25) is 9.88 Å². The third-order valence-electron chi connectivity index (χ3n) is 5.21. The summed E-state index contributed by atoms with van der Waals surface area (Å²) in [6.07, 6.45) is 2.78. The van der Waals surface area contributed by atoms with Crippen LogP contribution in [0.3, 0.4) is 0 Å². The quantitative estimate of drug-likeness (QED) is 0.621. The molecule has 0 bridgehead atoms. The Morgan fingerprint density at radius 3 is 2.46 bits per heavy atom. The van der Waals surface area contributed by atoms with Gasteiger partial charge in [0.1, 0.15) is 6.23 Å². The van der Waals surface area contributed by atoms with Gasteiger partial charge in [0.25, 0.3) is 0 Å². The van der Waals surface area contributed by atoms with Crippen molar-refractivity contribution in [2.24, 2.45) is 0 Å². The van der Waals surface area contributed by atoms with Gasteiger partial charge >= 0.3 is 0 Å². The number of rotatable bonds is 4. The molecule has 0 amide bonds. The van der Waals surface area contributed by atoms with Crippen LogP contribution in [-0.4, -0.2) is 47.4 Å². The molecule has 2 aromatic carbocycles. The summed E-state index contributed by atoms with van der Waals surface area (Å²) in [5, 5.41) is 12.3. The van der Waals surface area contributed by atoms with Crippen molar-refractivity contribution in [2.45, 2.75) is 6.23 Å². The van der Waals surface area contributed by atoms with Crippen molar-refractivity contribution in [1.82, 2.24) is 9.88 Å². The van der Waals surface area contributed by atoms with Gasteiger partial charge in [0.2, 0.25) is 0 Å². The van der Waals surface area contributed by atoms with Crippen molar-refractivity contribution in [2.75, 3.05) is 31.1 Å². The summed E-state index contributed by atoms with van der Waals surface area (Å²) >= 11 is 13.0. The fraction of sp³-hybridized carbons (Fsp3) is 0.227. The lowest BCUT2D eigenvalue weighted by Crippen LogP contribution is -2.49. The van der Waals surface area contributed by atoms with Gasteiger partial charge in [0.05, 0.1) is 10.5 Å². The van der Waals surface area contributed by atoms with E-state index in [1.165, 1.54) is 0 Å². The number of benzene rings is 2. The van der Waals surface area contributed by atoms with Crippen LogP contribution in [-0.2, 0) is 0 Å². The van der Waals surface area contributed by atoms with Crippen LogP contribution in [0.25, 0.3) is 22.0 Å². The predicted molar refractivity (Wildman–Crippen MR) is 117 cm³/mol. The van der Waals surface area contributed by atoms with Crippen LogP contribution < -0.4 is 4.90 Å². The average Bonchev–Trinajstić information content (AvgIpc) is 2.73. The van der Waals surface area contributed by atoms with Crippen LogP contribution in [0.1, 0.15) is 0 Å². The summed E-state index contributed by atoms with van der Waals surface area (Å²) in [5.41, 5.74) is 3.77. The number of nitrogens with zero attached hydrogens (tertiary/aromatic N) is 3. The van der Waals surface area contributed by atoms with Gasteiger partial charge in [-0.1, -0.05) is 48.0 Å². The summed E-state index contributed by atoms with van der Waals surface area (Å²) in [5.74, 6) is 0. The maximum absolute atomic E-state index is 9.98. The Bertz CT molecular complexity index is 1020. The van der Waals surface area contributed by atoms with Crippen molar-refractivity contribution >= 4 is 39.8 Å². The topological polar surface area (TPSA) is 39.6 Å². The Kier molecular flexibility index (Phi) is 5.56. The van der Waals surface area contributed by atoms with Crippen molar-refractivity contribution in [3.8, 4) is 11.1 Å². The lowest BCUT2D eigenvalue weighted by Gasteiger charge is -2.38. The zero-order valence-electron chi connectivity index (χ0n) is 15.4. The first-order valence-corrected chi connectivity index (χ1v) is 9.97. The smallest absolute Gasteiger partial charge is 0.126 e.